The monoisotopic (exact) mass is 224 g/mol. The van der Waals surface area contributed by atoms with Crippen LogP contribution in [0.5, 0.6) is 0 Å². The quantitative estimate of drug-likeness (QED) is 0.681. The van der Waals surface area contributed by atoms with E-state index in [1.165, 1.54) is 57.9 Å². The SMILES string of the molecule is CC1CCCCC1(CN)NCCCC1CC1. The number of hydrogen-bond acceptors (Lipinski definition) is 2. The van der Waals surface area contributed by atoms with Gasteiger partial charge < -0.3 is 11.1 Å². The highest BCUT2D eigenvalue weighted by molar-refractivity contribution is 4.96. The molecule has 0 amide bonds. The average molecular weight is 224 g/mol. The van der Waals surface area contributed by atoms with Crippen molar-refractivity contribution in [3.05, 3.63) is 0 Å². The molecule has 2 aliphatic carbocycles. The zero-order chi connectivity index (χ0) is 11.4. The second-order valence-electron chi connectivity index (χ2n) is 6.02. The molecule has 2 unspecified atom stereocenters. The van der Waals surface area contributed by atoms with Gasteiger partial charge in [0, 0.05) is 12.1 Å². The Kier molecular flexibility index (Phi) is 4.26. The van der Waals surface area contributed by atoms with Crippen LogP contribution in [0.4, 0.5) is 0 Å². The third-order valence-corrected chi connectivity index (χ3v) is 4.78. The molecule has 0 aromatic carbocycles. The first-order valence-corrected chi connectivity index (χ1v) is 7.22. The van der Waals surface area contributed by atoms with E-state index >= 15 is 0 Å². The Morgan fingerprint density at radius 2 is 2.06 bits per heavy atom. The van der Waals surface area contributed by atoms with E-state index in [2.05, 4.69) is 12.2 Å². The molecule has 3 N–H and O–H groups in total. The van der Waals surface area contributed by atoms with Gasteiger partial charge in [0.25, 0.3) is 0 Å². The Hall–Kier alpha value is -0.0800. The predicted octanol–water partition coefficient (Wildman–Crippen LogP) is 2.67. The minimum absolute atomic E-state index is 0.266. The molecule has 2 atom stereocenters. The Morgan fingerprint density at radius 1 is 1.25 bits per heavy atom. The highest BCUT2D eigenvalue weighted by Crippen LogP contribution is 2.34. The lowest BCUT2D eigenvalue weighted by Crippen LogP contribution is -2.57. The van der Waals surface area contributed by atoms with E-state index in [1.54, 1.807) is 0 Å². The molecule has 2 rings (SSSR count). The van der Waals surface area contributed by atoms with Crippen LogP contribution in [-0.4, -0.2) is 18.6 Å². The van der Waals surface area contributed by atoms with E-state index in [0.717, 1.165) is 18.4 Å². The van der Waals surface area contributed by atoms with Crippen LogP contribution in [0.25, 0.3) is 0 Å². The second kappa shape index (κ2) is 5.50. The van der Waals surface area contributed by atoms with Gasteiger partial charge in [-0.2, -0.15) is 0 Å². The highest BCUT2D eigenvalue weighted by Gasteiger charge is 2.36. The molecular formula is C14H28N2. The van der Waals surface area contributed by atoms with Gasteiger partial charge in [-0.3, -0.25) is 0 Å². The van der Waals surface area contributed by atoms with Gasteiger partial charge in [0.2, 0.25) is 0 Å². The molecule has 94 valence electrons. The largest absolute Gasteiger partial charge is 0.329 e. The van der Waals surface area contributed by atoms with Crippen LogP contribution < -0.4 is 11.1 Å². The maximum absolute atomic E-state index is 6.02. The van der Waals surface area contributed by atoms with Gasteiger partial charge in [-0.1, -0.05) is 32.6 Å². The van der Waals surface area contributed by atoms with Crippen molar-refractivity contribution in [2.24, 2.45) is 17.6 Å². The Bertz CT molecular complexity index is 213. The van der Waals surface area contributed by atoms with Crippen molar-refractivity contribution < 1.29 is 0 Å². The predicted molar refractivity (Wildman–Crippen MR) is 69.4 cm³/mol. The summed E-state index contributed by atoms with van der Waals surface area (Å²) < 4.78 is 0. The first-order valence-electron chi connectivity index (χ1n) is 7.22. The maximum atomic E-state index is 6.02. The summed E-state index contributed by atoms with van der Waals surface area (Å²) >= 11 is 0. The topological polar surface area (TPSA) is 38.0 Å². The standard InChI is InChI=1S/C14H28N2/c1-12-5-2-3-9-14(12,11-15)16-10-4-6-13-7-8-13/h12-13,16H,2-11,15H2,1H3. The molecule has 0 saturated heterocycles. The van der Waals surface area contributed by atoms with Gasteiger partial charge in [-0.25, -0.2) is 0 Å². The van der Waals surface area contributed by atoms with Gasteiger partial charge in [-0.05, 0) is 44.1 Å². The summed E-state index contributed by atoms with van der Waals surface area (Å²) in [6, 6.07) is 0. The molecule has 16 heavy (non-hydrogen) atoms. The summed E-state index contributed by atoms with van der Waals surface area (Å²) in [7, 11) is 0. The lowest BCUT2D eigenvalue weighted by Gasteiger charge is -2.43. The Balaban J connectivity index is 1.73. The minimum Gasteiger partial charge on any atom is -0.329 e. The van der Waals surface area contributed by atoms with Crippen LogP contribution >= 0.6 is 0 Å². The number of rotatable bonds is 6. The molecule has 2 nitrogen and oxygen atoms in total. The van der Waals surface area contributed by atoms with Gasteiger partial charge in [-0.15, -0.1) is 0 Å². The number of nitrogens with one attached hydrogen (secondary N) is 1. The van der Waals surface area contributed by atoms with Crippen LogP contribution in [0.15, 0.2) is 0 Å². The summed E-state index contributed by atoms with van der Waals surface area (Å²) in [6.45, 7) is 4.37. The first-order chi connectivity index (χ1) is 7.77. The van der Waals surface area contributed by atoms with Crippen molar-refractivity contribution in [2.75, 3.05) is 13.1 Å². The number of nitrogens with two attached hydrogens (primary N) is 1. The van der Waals surface area contributed by atoms with Crippen LogP contribution in [0.1, 0.15) is 58.3 Å². The van der Waals surface area contributed by atoms with Gasteiger partial charge >= 0.3 is 0 Å². The molecule has 0 aromatic heterocycles. The maximum Gasteiger partial charge on any atom is 0.0329 e. The van der Waals surface area contributed by atoms with E-state index in [4.69, 9.17) is 5.73 Å². The second-order valence-corrected chi connectivity index (χ2v) is 6.02. The molecule has 0 heterocycles. The molecule has 0 aliphatic heterocycles. The molecule has 2 aliphatic rings. The smallest absolute Gasteiger partial charge is 0.0329 e. The summed E-state index contributed by atoms with van der Waals surface area (Å²) in [4.78, 5) is 0. The third-order valence-electron chi connectivity index (χ3n) is 4.78. The molecule has 0 radical (unpaired) electrons. The molecular weight excluding hydrogens is 196 g/mol. The zero-order valence-corrected chi connectivity index (χ0v) is 10.8. The van der Waals surface area contributed by atoms with Crippen molar-refractivity contribution >= 4 is 0 Å². The fraction of sp³-hybridized carbons (Fsp3) is 1.00. The molecule has 2 fully saturated rings. The lowest BCUT2D eigenvalue weighted by atomic mass is 9.73. The van der Waals surface area contributed by atoms with E-state index in [1.807, 2.05) is 0 Å². The van der Waals surface area contributed by atoms with Crippen molar-refractivity contribution in [1.82, 2.24) is 5.32 Å². The van der Waals surface area contributed by atoms with E-state index in [9.17, 15) is 0 Å². The van der Waals surface area contributed by atoms with E-state index in [-0.39, 0.29) is 5.54 Å². The lowest BCUT2D eigenvalue weighted by molar-refractivity contribution is 0.161. The molecule has 2 heteroatoms. The van der Waals surface area contributed by atoms with Crippen LogP contribution in [-0.2, 0) is 0 Å². The molecule has 0 aromatic rings. The fourth-order valence-electron chi connectivity index (χ4n) is 3.19. The Labute approximate surface area is 100 Å². The third kappa shape index (κ3) is 2.98. The molecule has 2 saturated carbocycles. The summed E-state index contributed by atoms with van der Waals surface area (Å²) in [6.07, 6.45) is 11.1. The van der Waals surface area contributed by atoms with Crippen molar-refractivity contribution in [3.8, 4) is 0 Å². The van der Waals surface area contributed by atoms with Crippen LogP contribution in [0, 0.1) is 11.8 Å². The van der Waals surface area contributed by atoms with E-state index < -0.39 is 0 Å². The van der Waals surface area contributed by atoms with Gasteiger partial charge in [0.05, 0.1) is 0 Å². The van der Waals surface area contributed by atoms with Crippen LogP contribution in [0.3, 0.4) is 0 Å². The first kappa shape index (κ1) is 12.4. The number of hydrogen-bond donors (Lipinski definition) is 2. The molecule has 0 bridgehead atoms. The Morgan fingerprint density at radius 3 is 2.69 bits per heavy atom. The van der Waals surface area contributed by atoms with Crippen molar-refractivity contribution in [2.45, 2.75) is 63.8 Å². The zero-order valence-electron chi connectivity index (χ0n) is 10.8. The van der Waals surface area contributed by atoms with Gasteiger partial charge in [0.1, 0.15) is 0 Å². The van der Waals surface area contributed by atoms with E-state index in [0.29, 0.717) is 0 Å². The average Bonchev–Trinajstić information content (AvgIpc) is 3.11. The minimum atomic E-state index is 0.266. The normalized spacial score (nSPS) is 35.2. The summed E-state index contributed by atoms with van der Waals surface area (Å²) in [5.74, 6) is 1.83. The fourth-order valence-corrected chi connectivity index (χ4v) is 3.19. The van der Waals surface area contributed by atoms with Crippen LogP contribution in [0.2, 0.25) is 0 Å². The highest BCUT2D eigenvalue weighted by atomic mass is 15.0. The molecule has 0 spiro atoms. The summed E-state index contributed by atoms with van der Waals surface area (Å²) in [5, 5.41) is 3.79. The van der Waals surface area contributed by atoms with Gasteiger partial charge in [0.15, 0.2) is 0 Å². The van der Waals surface area contributed by atoms with Crippen molar-refractivity contribution in [3.63, 3.8) is 0 Å². The van der Waals surface area contributed by atoms with Crippen molar-refractivity contribution in [1.29, 1.82) is 0 Å². The summed E-state index contributed by atoms with van der Waals surface area (Å²) in [5.41, 5.74) is 6.29.